The van der Waals surface area contributed by atoms with E-state index in [2.05, 4.69) is 10.1 Å². The van der Waals surface area contributed by atoms with Crippen molar-refractivity contribution >= 4 is 34.5 Å². The molecule has 0 radical (unpaired) electrons. The van der Waals surface area contributed by atoms with Gasteiger partial charge in [-0.15, -0.1) is 11.6 Å². The van der Waals surface area contributed by atoms with E-state index in [9.17, 15) is 13.2 Å². The minimum Gasteiger partial charge on any atom is -0.311 e. The van der Waals surface area contributed by atoms with Crippen molar-refractivity contribution in [3.8, 4) is 0 Å². The number of hydrogen-bond donors (Lipinski definition) is 0. The summed E-state index contributed by atoms with van der Waals surface area (Å²) in [5.74, 6) is 0.643. The fourth-order valence-corrected chi connectivity index (χ4v) is 2.68. The predicted octanol–water partition coefficient (Wildman–Crippen LogP) is 3.07. The number of aromatic nitrogens is 4. The van der Waals surface area contributed by atoms with Gasteiger partial charge in [-0.1, -0.05) is 0 Å². The van der Waals surface area contributed by atoms with Crippen LogP contribution >= 0.6 is 23.4 Å². The van der Waals surface area contributed by atoms with Crippen LogP contribution < -0.4 is 0 Å². The molecular formula is C10H12ClF3N4S. The molecular weight excluding hydrogens is 301 g/mol. The maximum absolute atomic E-state index is 12.2. The highest BCUT2D eigenvalue weighted by molar-refractivity contribution is 8.00. The normalized spacial score (nSPS) is 12.5. The lowest BCUT2D eigenvalue weighted by molar-refractivity contribution is -0.0328. The molecule has 0 aliphatic carbocycles. The van der Waals surface area contributed by atoms with E-state index in [-0.39, 0.29) is 29.9 Å². The highest BCUT2D eigenvalue weighted by Crippen LogP contribution is 2.30. The Labute approximate surface area is 116 Å². The first-order chi connectivity index (χ1) is 8.83. The average molecular weight is 313 g/mol. The van der Waals surface area contributed by atoms with Crippen molar-refractivity contribution in [1.82, 2.24) is 19.3 Å². The molecule has 0 N–H and O–H groups in total. The number of halogens is 4. The monoisotopic (exact) mass is 312 g/mol. The highest BCUT2D eigenvalue weighted by atomic mass is 35.5. The van der Waals surface area contributed by atoms with Crippen LogP contribution in [0.2, 0.25) is 0 Å². The van der Waals surface area contributed by atoms with Gasteiger partial charge in [-0.05, 0) is 18.7 Å². The van der Waals surface area contributed by atoms with Crippen LogP contribution in [0, 0.1) is 6.92 Å². The third-order valence-electron chi connectivity index (χ3n) is 2.67. The van der Waals surface area contributed by atoms with Crippen molar-refractivity contribution in [3.05, 3.63) is 11.5 Å². The van der Waals surface area contributed by atoms with Gasteiger partial charge in [0.2, 0.25) is 0 Å². The minimum atomic E-state index is -4.22. The highest BCUT2D eigenvalue weighted by Gasteiger charge is 2.28. The molecule has 0 amide bonds. The zero-order valence-corrected chi connectivity index (χ0v) is 11.9. The van der Waals surface area contributed by atoms with Gasteiger partial charge in [0.1, 0.15) is 11.3 Å². The molecule has 106 valence electrons. The van der Waals surface area contributed by atoms with Crippen LogP contribution in [0.25, 0.3) is 11.2 Å². The van der Waals surface area contributed by atoms with Gasteiger partial charge in [0.05, 0.1) is 11.6 Å². The molecule has 0 saturated heterocycles. The molecule has 0 aromatic carbocycles. The summed E-state index contributed by atoms with van der Waals surface area (Å²) in [4.78, 5) is 4.32. The van der Waals surface area contributed by atoms with Crippen LogP contribution in [0.4, 0.5) is 13.2 Å². The Hall–Kier alpha value is -0.890. The second-order valence-electron chi connectivity index (χ2n) is 3.99. The van der Waals surface area contributed by atoms with E-state index in [0.29, 0.717) is 17.0 Å². The summed E-state index contributed by atoms with van der Waals surface area (Å²) in [5, 5.41) is 4.20. The summed E-state index contributed by atoms with van der Waals surface area (Å²) in [7, 11) is 1.74. The summed E-state index contributed by atoms with van der Waals surface area (Å²) in [6.45, 7) is 2.00. The zero-order valence-electron chi connectivity index (χ0n) is 10.3. The summed E-state index contributed by atoms with van der Waals surface area (Å²) >= 11 is 5.74. The van der Waals surface area contributed by atoms with Gasteiger partial charge in [0, 0.05) is 19.3 Å². The number of rotatable bonds is 4. The first kappa shape index (κ1) is 14.5. The summed E-state index contributed by atoms with van der Waals surface area (Å²) in [6.07, 6.45) is 0. The van der Waals surface area contributed by atoms with Gasteiger partial charge < -0.3 is 4.57 Å². The lowest BCUT2D eigenvalue weighted by Crippen LogP contribution is -2.11. The quantitative estimate of drug-likeness (QED) is 0.814. The fraction of sp³-hybridized carbons (Fsp3) is 0.600. The van der Waals surface area contributed by atoms with E-state index in [1.54, 1.807) is 16.3 Å². The number of aryl methyl sites for hydroxylation is 3. The Morgan fingerprint density at radius 2 is 2.05 bits per heavy atom. The molecule has 4 nitrogen and oxygen atoms in total. The van der Waals surface area contributed by atoms with E-state index < -0.39 is 5.51 Å². The van der Waals surface area contributed by atoms with E-state index >= 15 is 0 Å². The van der Waals surface area contributed by atoms with Crippen molar-refractivity contribution in [2.75, 3.05) is 5.75 Å². The Balaban J connectivity index is 2.30. The molecule has 19 heavy (non-hydrogen) atoms. The third kappa shape index (κ3) is 3.00. The molecule has 2 heterocycles. The van der Waals surface area contributed by atoms with Gasteiger partial charge in [-0.2, -0.15) is 18.3 Å². The van der Waals surface area contributed by atoms with Gasteiger partial charge in [0.15, 0.2) is 5.65 Å². The lowest BCUT2D eigenvalue weighted by atomic mass is 10.4. The standard InChI is InChI=1S/C10H12ClF3N4S/c1-6-8-9(17(2)16-6)18(7(5-11)15-8)3-4-19-10(12,13)14/h3-5H2,1-2H3. The molecule has 0 unspecified atom stereocenters. The molecule has 2 rings (SSSR count). The number of imidazole rings is 1. The Morgan fingerprint density at radius 1 is 1.37 bits per heavy atom. The van der Waals surface area contributed by atoms with E-state index in [1.807, 2.05) is 6.92 Å². The van der Waals surface area contributed by atoms with Crippen LogP contribution in [-0.2, 0) is 19.5 Å². The summed E-state index contributed by atoms with van der Waals surface area (Å²) in [5.41, 5.74) is -2.08. The van der Waals surface area contributed by atoms with Gasteiger partial charge >= 0.3 is 5.51 Å². The fourth-order valence-electron chi connectivity index (χ4n) is 1.97. The summed E-state index contributed by atoms with van der Waals surface area (Å²) in [6, 6.07) is 0. The average Bonchev–Trinajstić information content (AvgIpc) is 2.77. The number of hydrogen-bond acceptors (Lipinski definition) is 3. The first-order valence-corrected chi connectivity index (χ1v) is 7.01. The molecule has 0 aliphatic heterocycles. The van der Waals surface area contributed by atoms with Gasteiger partial charge in [0.25, 0.3) is 0 Å². The SMILES string of the molecule is Cc1nn(C)c2c1nc(CCl)n2CCSC(F)(F)F. The van der Waals surface area contributed by atoms with Crippen molar-refractivity contribution in [2.45, 2.75) is 24.9 Å². The molecule has 0 bridgehead atoms. The molecule has 0 fully saturated rings. The third-order valence-corrected chi connectivity index (χ3v) is 3.62. The van der Waals surface area contributed by atoms with Crippen LogP contribution in [-0.4, -0.2) is 30.6 Å². The Bertz CT molecular complexity index is 590. The van der Waals surface area contributed by atoms with Crippen LogP contribution in [0.1, 0.15) is 11.5 Å². The van der Waals surface area contributed by atoms with Crippen LogP contribution in [0.5, 0.6) is 0 Å². The molecule has 0 spiro atoms. The Morgan fingerprint density at radius 3 is 2.63 bits per heavy atom. The largest absolute Gasteiger partial charge is 0.441 e. The van der Waals surface area contributed by atoms with Crippen molar-refractivity contribution in [1.29, 1.82) is 0 Å². The molecule has 2 aromatic rings. The van der Waals surface area contributed by atoms with E-state index in [0.717, 1.165) is 5.69 Å². The molecule has 9 heteroatoms. The number of alkyl halides is 4. The number of fused-ring (bicyclic) bond motifs is 1. The second-order valence-corrected chi connectivity index (χ2v) is 5.42. The van der Waals surface area contributed by atoms with E-state index in [1.165, 1.54) is 0 Å². The lowest BCUT2D eigenvalue weighted by Gasteiger charge is -2.09. The first-order valence-electron chi connectivity index (χ1n) is 5.49. The van der Waals surface area contributed by atoms with Gasteiger partial charge in [-0.25, -0.2) is 4.98 Å². The number of nitrogens with zero attached hydrogens (tertiary/aromatic N) is 4. The molecule has 0 saturated carbocycles. The smallest absolute Gasteiger partial charge is 0.311 e. The molecule has 0 atom stereocenters. The molecule has 2 aromatic heterocycles. The van der Waals surface area contributed by atoms with E-state index in [4.69, 9.17) is 11.6 Å². The van der Waals surface area contributed by atoms with Gasteiger partial charge in [-0.3, -0.25) is 4.68 Å². The number of thioether (sulfide) groups is 1. The van der Waals surface area contributed by atoms with Crippen LogP contribution in [0.15, 0.2) is 0 Å². The van der Waals surface area contributed by atoms with Crippen molar-refractivity contribution < 1.29 is 13.2 Å². The maximum Gasteiger partial charge on any atom is 0.441 e. The van der Waals surface area contributed by atoms with Crippen LogP contribution in [0.3, 0.4) is 0 Å². The van der Waals surface area contributed by atoms with Crippen molar-refractivity contribution in [3.63, 3.8) is 0 Å². The minimum absolute atomic E-state index is 0.0491. The zero-order chi connectivity index (χ0) is 14.2. The Kier molecular flexibility index (Phi) is 4.00. The second kappa shape index (κ2) is 5.24. The summed E-state index contributed by atoms with van der Waals surface area (Å²) < 4.78 is 39.8. The maximum atomic E-state index is 12.2. The predicted molar refractivity (Wildman–Crippen MR) is 69.3 cm³/mol. The topological polar surface area (TPSA) is 35.6 Å². The molecule has 0 aliphatic rings. The van der Waals surface area contributed by atoms with Crippen molar-refractivity contribution in [2.24, 2.45) is 7.05 Å².